The third-order valence-electron chi connectivity index (χ3n) is 2.43. The molecule has 0 heterocycles. The zero-order valence-corrected chi connectivity index (χ0v) is 9.95. The predicted molar refractivity (Wildman–Crippen MR) is 60.2 cm³/mol. The number of rotatable bonds is 7. The summed E-state index contributed by atoms with van der Waals surface area (Å²) in [6, 6.07) is 0. The molecule has 0 saturated carbocycles. The van der Waals surface area contributed by atoms with Crippen LogP contribution >= 0.6 is 0 Å². The smallest absolute Gasteiger partial charge is 0.335 e. The molecule has 0 aromatic heterocycles. The summed E-state index contributed by atoms with van der Waals surface area (Å²) in [5, 5.41) is 9.67. The molecule has 0 amide bonds. The van der Waals surface area contributed by atoms with Crippen LogP contribution in [-0.2, 0) is 9.53 Å². The summed E-state index contributed by atoms with van der Waals surface area (Å²) in [5.41, 5.74) is 0.319. The number of ether oxygens (including phenoxy) is 1. The summed E-state index contributed by atoms with van der Waals surface area (Å²) in [7, 11) is 0. The van der Waals surface area contributed by atoms with E-state index in [1.54, 1.807) is 6.92 Å². The Morgan fingerprint density at radius 1 is 1.47 bits per heavy atom. The van der Waals surface area contributed by atoms with Gasteiger partial charge in [-0.15, -0.1) is 0 Å². The maximum Gasteiger partial charge on any atom is 0.335 e. The van der Waals surface area contributed by atoms with Crippen LogP contribution in [0.5, 0.6) is 0 Å². The molecule has 1 N–H and O–H groups in total. The number of hydrogen-bond donors (Lipinski definition) is 1. The van der Waals surface area contributed by atoms with Gasteiger partial charge >= 0.3 is 5.97 Å². The molecule has 2 unspecified atom stereocenters. The van der Waals surface area contributed by atoms with Gasteiger partial charge in [0.25, 0.3) is 0 Å². The standard InChI is InChI=1S/C12H22O3/c1-5-7-8-10(6-2)12(14)15-11(13)9(3)4/h10,12,14H,3,5-8H2,1-2,4H3. The summed E-state index contributed by atoms with van der Waals surface area (Å²) in [6.07, 6.45) is 2.82. The lowest BCUT2D eigenvalue weighted by molar-refractivity contribution is -0.173. The van der Waals surface area contributed by atoms with Crippen LogP contribution in [0.4, 0.5) is 0 Å². The van der Waals surface area contributed by atoms with E-state index >= 15 is 0 Å². The Hall–Kier alpha value is -0.830. The summed E-state index contributed by atoms with van der Waals surface area (Å²) in [4.78, 5) is 11.2. The molecule has 0 saturated heterocycles. The fourth-order valence-corrected chi connectivity index (χ4v) is 1.32. The van der Waals surface area contributed by atoms with Crippen molar-refractivity contribution in [1.82, 2.24) is 0 Å². The Morgan fingerprint density at radius 2 is 2.07 bits per heavy atom. The molecule has 0 aliphatic carbocycles. The Labute approximate surface area is 92.1 Å². The minimum atomic E-state index is -0.995. The van der Waals surface area contributed by atoms with Crippen molar-refractivity contribution >= 4 is 5.97 Å². The highest BCUT2D eigenvalue weighted by Crippen LogP contribution is 2.18. The maximum atomic E-state index is 11.2. The highest BCUT2D eigenvalue weighted by molar-refractivity contribution is 5.86. The van der Waals surface area contributed by atoms with E-state index in [2.05, 4.69) is 13.5 Å². The maximum absolute atomic E-state index is 11.2. The normalized spacial score (nSPS) is 14.4. The molecule has 0 aromatic rings. The molecular weight excluding hydrogens is 192 g/mol. The van der Waals surface area contributed by atoms with E-state index < -0.39 is 12.3 Å². The average molecular weight is 214 g/mol. The molecule has 3 nitrogen and oxygen atoms in total. The zero-order valence-electron chi connectivity index (χ0n) is 9.95. The molecule has 0 aromatic carbocycles. The van der Waals surface area contributed by atoms with E-state index in [0.29, 0.717) is 5.57 Å². The minimum absolute atomic E-state index is 0.0354. The zero-order chi connectivity index (χ0) is 11.8. The van der Waals surface area contributed by atoms with Crippen molar-refractivity contribution in [1.29, 1.82) is 0 Å². The van der Waals surface area contributed by atoms with Crippen molar-refractivity contribution in [2.24, 2.45) is 5.92 Å². The van der Waals surface area contributed by atoms with Gasteiger partial charge in [0.1, 0.15) is 0 Å². The number of carbonyl (C=O) groups is 1. The van der Waals surface area contributed by atoms with E-state index in [1.807, 2.05) is 6.92 Å². The SMILES string of the molecule is C=C(C)C(=O)OC(O)C(CC)CCCC. The van der Waals surface area contributed by atoms with Gasteiger partial charge in [0.2, 0.25) is 6.29 Å². The van der Waals surface area contributed by atoms with Gasteiger partial charge in [-0.3, -0.25) is 0 Å². The third-order valence-corrected chi connectivity index (χ3v) is 2.43. The fourth-order valence-electron chi connectivity index (χ4n) is 1.32. The van der Waals surface area contributed by atoms with Gasteiger partial charge in [0.05, 0.1) is 0 Å². The molecule has 0 spiro atoms. The van der Waals surface area contributed by atoms with Gasteiger partial charge in [-0.1, -0.05) is 33.3 Å². The van der Waals surface area contributed by atoms with Gasteiger partial charge in [-0.25, -0.2) is 4.79 Å². The Bertz CT molecular complexity index is 211. The molecule has 3 heteroatoms. The highest BCUT2D eigenvalue weighted by atomic mass is 16.6. The van der Waals surface area contributed by atoms with Crippen LogP contribution in [0.1, 0.15) is 46.5 Å². The van der Waals surface area contributed by atoms with Gasteiger partial charge in [-0.05, 0) is 19.8 Å². The molecule has 0 rings (SSSR count). The van der Waals surface area contributed by atoms with Crippen molar-refractivity contribution in [3.63, 3.8) is 0 Å². The molecular formula is C12H22O3. The van der Waals surface area contributed by atoms with E-state index in [4.69, 9.17) is 4.74 Å². The second-order valence-electron chi connectivity index (χ2n) is 3.89. The summed E-state index contributed by atoms with van der Waals surface area (Å²) >= 11 is 0. The molecule has 0 aliphatic rings. The van der Waals surface area contributed by atoms with Crippen LogP contribution in [0.15, 0.2) is 12.2 Å². The lowest BCUT2D eigenvalue weighted by Gasteiger charge is -2.21. The van der Waals surface area contributed by atoms with E-state index in [0.717, 1.165) is 25.7 Å². The van der Waals surface area contributed by atoms with Crippen molar-refractivity contribution in [3.8, 4) is 0 Å². The topological polar surface area (TPSA) is 46.5 Å². The highest BCUT2D eigenvalue weighted by Gasteiger charge is 2.20. The molecule has 15 heavy (non-hydrogen) atoms. The third kappa shape index (κ3) is 5.57. The van der Waals surface area contributed by atoms with Crippen molar-refractivity contribution in [2.45, 2.75) is 52.7 Å². The molecule has 2 atom stereocenters. The van der Waals surface area contributed by atoms with Crippen molar-refractivity contribution < 1.29 is 14.6 Å². The average Bonchev–Trinajstić information content (AvgIpc) is 2.18. The van der Waals surface area contributed by atoms with Crippen LogP contribution in [-0.4, -0.2) is 17.4 Å². The quantitative estimate of drug-likeness (QED) is 0.402. The second-order valence-corrected chi connectivity index (χ2v) is 3.89. The number of unbranched alkanes of at least 4 members (excludes halogenated alkanes) is 1. The van der Waals surface area contributed by atoms with E-state index in [1.165, 1.54) is 0 Å². The number of aliphatic hydroxyl groups excluding tert-OH is 1. The Balaban J connectivity index is 4.08. The van der Waals surface area contributed by atoms with Gasteiger partial charge < -0.3 is 9.84 Å². The summed E-state index contributed by atoms with van der Waals surface area (Å²) in [5.74, 6) is -0.481. The van der Waals surface area contributed by atoms with E-state index in [-0.39, 0.29) is 5.92 Å². The first-order chi connectivity index (χ1) is 7.02. The summed E-state index contributed by atoms with van der Waals surface area (Å²) < 4.78 is 4.88. The van der Waals surface area contributed by atoms with Crippen LogP contribution in [0.2, 0.25) is 0 Å². The lowest BCUT2D eigenvalue weighted by atomic mass is 9.99. The van der Waals surface area contributed by atoms with Gasteiger partial charge in [0, 0.05) is 11.5 Å². The van der Waals surface area contributed by atoms with Crippen LogP contribution < -0.4 is 0 Å². The molecule has 0 bridgehead atoms. The minimum Gasteiger partial charge on any atom is -0.432 e. The van der Waals surface area contributed by atoms with Crippen LogP contribution in [0, 0.1) is 5.92 Å². The van der Waals surface area contributed by atoms with Crippen LogP contribution in [0.25, 0.3) is 0 Å². The number of carbonyl (C=O) groups excluding carboxylic acids is 1. The first-order valence-electron chi connectivity index (χ1n) is 5.57. The van der Waals surface area contributed by atoms with Crippen LogP contribution in [0.3, 0.4) is 0 Å². The second kappa shape index (κ2) is 7.46. The van der Waals surface area contributed by atoms with Gasteiger partial charge in [0.15, 0.2) is 0 Å². The lowest BCUT2D eigenvalue weighted by Crippen LogP contribution is -2.26. The molecule has 0 fully saturated rings. The molecule has 0 aliphatic heterocycles. The van der Waals surface area contributed by atoms with Gasteiger partial charge in [-0.2, -0.15) is 0 Å². The number of hydrogen-bond acceptors (Lipinski definition) is 3. The predicted octanol–water partition coefficient (Wildman–Crippen LogP) is 2.64. The molecule has 88 valence electrons. The van der Waals surface area contributed by atoms with Crippen molar-refractivity contribution in [3.05, 3.63) is 12.2 Å². The Morgan fingerprint density at radius 3 is 2.47 bits per heavy atom. The number of esters is 1. The van der Waals surface area contributed by atoms with Crippen molar-refractivity contribution in [2.75, 3.05) is 0 Å². The largest absolute Gasteiger partial charge is 0.432 e. The fraction of sp³-hybridized carbons (Fsp3) is 0.750. The molecule has 0 radical (unpaired) electrons. The monoisotopic (exact) mass is 214 g/mol. The first kappa shape index (κ1) is 14.2. The first-order valence-corrected chi connectivity index (χ1v) is 5.57. The summed E-state index contributed by atoms with van der Waals surface area (Å²) in [6.45, 7) is 9.12. The van der Waals surface area contributed by atoms with E-state index in [9.17, 15) is 9.90 Å². The Kier molecular flexibility index (Phi) is 7.05. The number of aliphatic hydroxyl groups is 1.